The van der Waals surface area contributed by atoms with Crippen molar-refractivity contribution in [1.82, 2.24) is 9.29 Å². The normalized spacial score (nSPS) is 11.6. The molecule has 0 saturated carbocycles. The molecule has 0 aliphatic rings. The van der Waals surface area contributed by atoms with E-state index in [2.05, 4.69) is 4.98 Å². The molecule has 1 N–H and O–H groups in total. The van der Waals surface area contributed by atoms with E-state index in [-0.39, 0.29) is 10.5 Å². The van der Waals surface area contributed by atoms with Crippen molar-refractivity contribution < 1.29 is 18.3 Å². The minimum atomic E-state index is -3.68. The number of aromatic nitrogens is 1. The number of sulfonamides is 1. The molecule has 0 saturated heterocycles. The summed E-state index contributed by atoms with van der Waals surface area (Å²) < 4.78 is 25.8. The number of carbonyl (C=O) groups is 1. The van der Waals surface area contributed by atoms with Crippen LogP contribution in [0.4, 0.5) is 0 Å². The third-order valence-corrected chi connectivity index (χ3v) is 4.86. The van der Waals surface area contributed by atoms with E-state index in [1.165, 1.54) is 38.6 Å². The smallest absolute Gasteiger partial charge is 0.337 e. The average Bonchev–Trinajstić information content (AvgIpc) is 2.47. The van der Waals surface area contributed by atoms with Gasteiger partial charge in [-0.3, -0.25) is 4.98 Å². The summed E-state index contributed by atoms with van der Waals surface area (Å²) >= 11 is 0. The lowest BCUT2D eigenvalue weighted by molar-refractivity contribution is 0.0697. The number of rotatable bonds is 4. The summed E-state index contributed by atoms with van der Waals surface area (Å²) in [7, 11) is -0.823. The third kappa shape index (κ3) is 2.79. The van der Waals surface area contributed by atoms with Gasteiger partial charge in [-0.05, 0) is 12.1 Å². The van der Waals surface area contributed by atoms with E-state index >= 15 is 0 Å². The van der Waals surface area contributed by atoms with Gasteiger partial charge in [0.05, 0.1) is 10.5 Å². The Bertz CT molecular complexity index is 785. The van der Waals surface area contributed by atoms with Gasteiger partial charge in [0, 0.05) is 37.6 Å². The van der Waals surface area contributed by atoms with Gasteiger partial charge in [0.15, 0.2) is 0 Å². The molecule has 1 aromatic carbocycles. The SMILES string of the molecule is CN(C)S(=O)(=O)c1ccccc1-c1ccncc1C(=O)O. The molecule has 1 aromatic heterocycles. The predicted octanol–water partition coefficient (Wildman–Crippen LogP) is 1.70. The van der Waals surface area contributed by atoms with Crippen LogP contribution in [-0.4, -0.2) is 42.9 Å². The van der Waals surface area contributed by atoms with Gasteiger partial charge in [-0.15, -0.1) is 0 Å². The highest BCUT2D eigenvalue weighted by Gasteiger charge is 2.23. The van der Waals surface area contributed by atoms with Crippen LogP contribution in [0.15, 0.2) is 47.6 Å². The molecule has 0 fully saturated rings. The third-order valence-electron chi connectivity index (χ3n) is 2.99. The summed E-state index contributed by atoms with van der Waals surface area (Å²) in [5.41, 5.74) is 0.614. The molecule has 21 heavy (non-hydrogen) atoms. The minimum absolute atomic E-state index is 0.0427. The quantitative estimate of drug-likeness (QED) is 0.929. The molecule has 0 aliphatic carbocycles. The Hall–Kier alpha value is -2.25. The van der Waals surface area contributed by atoms with Crippen LogP contribution in [0.1, 0.15) is 10.4 Å². The highest BCUT2D eigenvalue weighted by atomic mass is 32.2. The molecule has 0 atom stereocenters. The van der Waals surface area contributed by atoms with E-state index < -0.39 is 16.0 Å². The first-order valence-electron chi connectivity index (χ1n) is 6.05. The second kappa shape index (κ2) is 5.63. The number of pyridine rings is 1. The molecular weight excluding hydrogens is 292 g/mol. The molecule has 6 nitrogen and oxygen atoms in total. The predicted molar refractivity (Wildman–Crippen MR) is 77.5 cm³/mol. The Morgan fingerprint density at radius 2 is 1.81 bits per heavy atom. The van der Waals surface area contributed by atoms with Crippen LogP contribution in [0.25, 0.3) is 11.1 Å². The highest BCUT2D eigenvalue weighted by Crippen LogP contribution is 2.30. The molecule has 0 amide bonds. The monoisotopic (exact) mass is 306 g/mol. The number of benzene rings is 1. The van der Waals surface area contributed by atoms with Crippen molar-refractivity contribution >= 4 is 16.0 Å². The fraction of sp³-hybridized carbons (Fsp3) is 0.143. The average molecular weight is 306 g/mol. The second-order valence-electron chi connectivity index (χ2n) is 4.51. The standard InChI is InChI=1S/C14H14N2O4S/c1-16(2)21(19,20)13-6-4-3-5-11(13)10-7-8-15-9-12(10)14(17)18/h3-9H,1-2H3,(H,17,18). The van der Waals surface area contributed by atoms with Crippen LogP contribution in [0.5, 0.6) is 0 Å². The van der Waals surface area contributed by atoms with Crippen molar-refractivity contribution in [3.63, 3.8) is 0 Å². The van der Waals surface area contributed by atoms with Crippen molar-refractivity contribution in [2.45, 2.75) is 4.90 Å². The van der Waals surface area contributed by atoms with Crippen LogP contribution in [0.3, 0.4) is 0 Å². The van der Waals surface area contributed by atoms with Gasteiger partial charge < -0.3 is 5.11 Å². The molecular formula is C14H14N2O4S. The van der Waals surface area contributed by atoms with E-state index in [9.17, 15) is 18.3 Å². The summed E-state index contributed by atoms with van der Waals surface area (Å²) in [5, 5.41) is 9.23. The van der Waals surface area contributed by atoms with Gasteiger partial charge in [0.25, 0.3) is 0 Å². The zero-order valence-corrected chi connectivity index (χ0v) is 12.3. The summed E-state index contributed by atoms with van der Waals surface area (Å²) in [6.45, 7) is 0. The van der Waals surface area contributed by atoms with Crippen LogP contribution < -0.4 is 0 Å². The maximum atomic E-state index is 12.4. The lowest BCUT2D eigenvalue weighted by atomic mass is 10.0. The summed E-state index contributed by atoms with van der Waals surface area (Å²) in [5.74, 6) is -1.16. The molecule has 1 heterocycles. The number of aromatic carboxylic acids is 1. The lowest BCUT2D eigenvalue weighted by Gasteiger charge is -2.16. The van der Waals surface area contributed by atoms with Crippen LogP contribution in [0.2, 0.25) is 0 Å². The zero-order chi connectivity index (χ0) is 15.6. The fourth-order valence-electron chi connectivity index (χ4n) is 1.91. The molecule has 2 aromatic rings. The number of carboxylic acids is 1. The van der Waals surface area contributed by atoms with Gasteiger partial charge in [0.1, 0.15) is 0 Å². The maximum absolute atomic E-state index is 12.4. The Morgan fingerprint density at radius 1 is 1.14 bits per heavy atom. The highest BCUT2D eigenvalue weighted by molar-refractivity contribution is 7.89. The fourth-order valence-corrected chi connectivity index (χ4v) is 3.01. The molecule has 7 heteroatoms. The summed E-state index contributed by atoms with van der Waals surface area (Å²) in [6, 6.07) is 7.79. The molecule has 0 radical (unpaired) electrons. The first-order chi connectivity index (χ1) is 9.85. The summed E-state index contributed by atoms with van der Waals surface area (Å²) in [4.78, 5) is 15.1. The lowest BCUT2D eigenvalue weighted by Crippen LogP contribution is -2.23. The Kier molecular flexibility index (Phi) is 4.06. The van der Waals surface area contributed by atoms with Crippen molar-refractivity contribution in [3.05, 3.63) is 48.3 Å². The van der Waals surface area contributed by atoms with E-state index in [0.29, 0.717) is 11.1 Å². The van der Waals surface area contributed by atoms with Gasteiger partial charge in [-0.25, -0.2) is 17.5 Å². The first kappa shape index (κ1) is 15.1. The molecule has 110 valence electrons. The van der Waals surface area contributed by atoms with E-state index in [0.717, 1.165) is 4.31 Å². The maximum Gasteiger partial charge on any atom is 0.337 e. The van der Waals surface area contributed by atoms with Gasteiger partial charge in [0.2, 0.25) is 10.0 Å². The van der Waals surface area contributed by atoms with E-state index in [4.69, 9.17) is 0 Å². The number of hydrogen-bond acceptors (Lipinski definition) is 4. The largest absolute Gasteiger partial charge is 0.478 e. The van der Waals surface area contributed by atoms with Crippen LogP contribution in [-0.2, 0) is 10.0 Å². The van der Waals surface area contributed by atoms with Gasteiger partial charge >= 0.3 is 5.97 Å². The van der Waals surface area contributed by atoms with E-state index in [1.54, 1.807) is 18.2 Å². The first-order valence-corrected chi connectivity index (χ1v) is 7.49. The number of carboxylic acid groups (broad SMARTS) is 1. The molecule has 0 aliphatic heterocycles. The Morgan fingerprint density at radius 3 is 2.43 bits per heavy atom. The summed E-state index contributed by atoms with van der Waals surface area (Å²) in [6.07, 6.45) is 2.64. The molecule has 0 bridgehead atoms. The second-order valence-corrected chi connectivity index (χ2v) is 6.63. The van der Waals surface area contributed by atoms with Gasteiger partial charge in [-0.1, -0.05) is 18.2 Å². The molecule has 0 unspecified atom stereocenters. The van der Waals surface area contributed by atoms with Crippen molar-refractivity contribution in [2.24, 2.45) is 0 Å². The van der Waals surface area contributed by atoms with Crippen molar-refractivity contribution in [1.29, 1.82) is 0 Å². The number of nitrogens with zero attached hydrogens (tertiary/aromatic N) is 2. The van der Waals surface area contributed by atoms with Crippen LogP contribution >= 0.6 is 0 Å². The van der Waals surface area contributed by atoms with Crippen molar-refractivity contribution in [3.8, 4) is 11.1 Å². The van der Waals surface area contributed by atoms with Gasteiger partial charge in [-0.2, -0.15) is 0 Å². The van der Waals surface area contributed by atoms with Crippen LogP contribution in [0, 0.1) is 0 Å². The Labute approximate surface area is 122 Å². The van der Waals surface area contributed by atoms with Crippen molar-refractivity contribution in [2.75, 3.05) is 14.1 Å². The topological polar surface area (TPSA) is 87.6 Å². The minimum Gasteiger partial charge on any atom is -0.478 e. The number of hydrogen-bond donors (Lipinski definition) is 1. The molecule has 2 rings (SSSR count). The Balaban J connectivity index is 2.76. The van der Waals surface area contributed by atoms with E-state index in [1.807, 2.05) is 0 Å². The zero-order valence-electron chi connectivity index (χ0n) is 11.5. The molecule has 0 spiro atoms.